The highest BCUT2D eigenvalue weighted by Crippen LogP contribution is 2.31. The molecule has 1 aliphatic heterocycles. The van der Waals surface area contributed by atoms with Crippen LogP contribution in [0.25, 0.3) is 0 Å². The number of aryl methyl sites for hydroxylation is 1. The van der Waals surface area contributed by atoms with Crippen molar-refractivity contribution in [2.24, 2.45) is 0 Å². The van der Waals surface area contributed by atoms with E-state index in [9.17, 15) is 9.59 Å². The Morgan fingerprint density at radius 2 is 1.52 bits per heavy atom. The Kier molecular flexibility index (Phi) is 4.42. The lowest BCUT2D eigenvalue weighted by Crippen LogP contribution is -2.16. The van der Waals surface area contributed by atoms with E-state index in [0.29, 0.717) is 35.8 Å². The standard InChI is InChI=1S/C19H18O4/c1-13-3-2-4-14(11-13)16(20)6-7-17(21)15-5-8-18-19(12-15)23-10-9-22-18/h2-5,8,11-12H,6-7,9-10H2,1H3. The molecule has 0 unspecified atom stereocenters. The number of carbonyl (C=O) groups excluding carboxylic acids is 2. The number of ether oxygens (including phenoxy) is 2. The van der Waals surface area contributed by atoms with Gasteiger partial charge in [0.05, 0.1) is 0 Å². The Balaban J connectivity index is 1.64. The molecule has 0 spiro atoms. The molecule has 0 bridgehead atoms. The molecule has 4 nitrogen and oxygen atoms in total. The number of carbonyl (C=O) groups is 2. The fourth-order valence-electron chi connectivity index (χ4n) is 2.55. The van der Waals surface area contributed by atoms with E-state index in [0.717, 1.165) is 5.56 Å². The second-order valence-electron chi connectivity index (χ2n) is 5.57. The highest BCUT2D eigenvalue weighted by atomic mass is 16.6. The summed E-state index contributed by atoms with van der Waals surface area (Å²) >= 11 is 0. The van der Waals surface area contributed by atoms with Gasteiger partial charge in [0, 0.05) is 24.0 Å². The molecule has 0 fully saturated rings. The molecule has 0 aromatic heterocycles. The maximum absolute atomic E-state index is 12.3. The van der Waals surface area contributed by atoms with Crippen molar-refractivity contribution in [3.63, 3.8) is 0 Å². The molecule has 0 atom stereocenters. The molecule has 0 saturated carbocycles. The minimum atomic E-state index is -0.0667. The van der Waals surface area contributed by atoms with E-state index < -0.39 is 0 Å². The number of fused-ring (bicyclic) bond motifs is 1. The highest BCUT2D eigenvalue weighted by Gasteiger charge is 2.16. The second-order valence-corrected chi connectivity index (χ2v) is 5.57. The van der Waals surface area contributed by atoms with E-state index in [1.165, 1.54) is 0 Å². The Labute approximate surface area is 135 Å². The van der Waals surface area contributed by atoms with E-state index in [4.69, 9.17) is 9.47 Å². The first-order valence-corrected chi connectivity index (χ1v) is 7.66. The molecule has 2 aromatic carbocycles. The summed E-state index contributed by atoms with van der Waals surface area (Å²) in [5, 5.41) is 0. The van der Waals surface area contributed by atoms with Crippen molar-refractivity contribution in [1.29, 1.82) is 0 Å². The first kappa shape index (κ1) is 15.3. The summed E-state index contributed by atoms with van der Waals surface area (Å²) in [6.45, 7) is 2.94. The molecule has 4 heteroatoms. The van der Waals surface area contributed by atoms with Gasteiger partial charge >= 0.3 is 0 Å². The van der Waals surface area contributed by atoms with Gasteiger partial charge < -0.3 is 9.47 Å². The van der Waals surface area contributed by atoms with Crippen molar-refractivity contribution in [2.45, 2.75) is 19.8 Å². The summed E-state index contributed by atoms with van der Waals surface area (Å²) in [6, 6.07) is 12.6. The number of ketones is 2. The van der Waals surface area contributed by atoms with Crippen molar-refractivity contribution < 1.29 is 19.1 Å². The van der Waals surface area contributed by atoms with E-state index in [2.05, 4.69) is 0 Å². The van der Waals surface area contributed by atoms with Gasteiger partial charge in [0.25, 0.3) is 0 Å². The lowest BCUT2D eigenvalue weighted by molar-refractivity contribution is 0.0917. The Morgan fingerprint density at radius 1 is 0.870 bits per heavy atom. The van der Waals surface area contributed by atoms with E-state index in [1.807, 2.05) is 25.1 Å². The maximum Gasteiger partial charge on any atom is 0.163 e. The Bertz CT molecular complexity index is 749. The quantitative estimate of drug-likeness (QED) is 0.792. The molecule has 0 N–H and O–H groups in total. The molecule has 3 rings (SSSR count). The zero-order chi connectivity index (χ0) is 16.2. The van der Waals surface area contributed by atoms with Gasteiger partial charge in [-0.3, -0.25) is 9.59 Å². The molecule has 2 aromatic rings. The summed E-state index contributed by atoms with van der Waals surface area (Å²) in [4.78, 5) is 24.5. The third-order valence-electron chi connectivity index (χ3n) is 3.78. The van der Waals surface area contributed by atoms with E-state index in [-0.39, 0.29) is 24.4 Å². The van der Waals surface area contributed by atoms with Gasteiger partial charge in [-0.15, -0.1) is 0 Å². The van der Waals surface area contributed by atoms with Crippen LogP contribution in [0.1, 0.15) is 39.1 Å². The minimum absolute atomic E-state index is 0.0143. The molecule has 1 heterocycles. The third-order valence-corrected chi connectivity index (χ3v) is 3.78. The number of Topliss-reactive ketones (excluding diaryl/α,β-unsaturated/α-hetero) is 2. The molecule has 118 valence electrons. The SMILES string of the molecule is Cc1cccc(C(=O)CCC(=O)c2ccc3c(c2)OCCO3)c1. The lowest BCUT2D eigenvalue weighted by Gasteiger charge is -2.18. The molecular weight excluding hydrogens is 292 g/mol. The average Bonchev–Trinajstić information content (AvgIpc) is 2.59. The van der Waals surface area contributed by atoms with E-state index in [1.54, 1.807) is 24.3 Å². The van der Waals surface area contributed by atoms with Crippen LogP contribution < -0.4 is 9.47 Å². The van der Waals surface area contributed by atoms with Crippen LogP contribution in [0.2, 0.25) is 0 Å². The van der Waals surface area contributed by atoms with Crippen molar-refractivity contribution >= 4 is 11.6 Å². The van der Waals surface area contributed by atoms with Gasteiger partial charge in [-0.2, -0.15) is 0 Å². The summed E-state index contributed by atoms with van der Waals surface area (Å²) in [5.74, 6) is 1.17. The van der Waals surface area contributed by atoms with Crippen LogP contribution in [0.15, 0.2) is 42.5 Å². The Hall–Kier alpha value is -2.62. The smallest absolute Gasteiger partial charge is 0.163 e. The zero-order valence-electron chi connectivity index (χ0n) is 13.0. The highest BCUT2D eigenvalue weighted by molar-refractivity contribution is 6.02. The van der Waals surface area contributed by atoms with Crippen LogP contribution >= 0.6 is 0 Å². The largest absolute Gasteiger partial charge is 0.486 e. The fourth-order valence-corrected chi connectivity index (χ4v) is 2.55. The second kappa shape index (κ2) is 6.65. The van der Waals surface area contributed by atoms with Gasteiger partial charge in [0.2, 0.25) is 0 Å². The van der Waals surface area contributed by atoms with Crippen molar-refractivity contribution in [3.8, 4) is 11.5 Å². The van der Waals surface area contributed by atoms with Crippen LogP contribution in [-0.4, -0.2) is 24.8 Å². The average molecular weight is 310 g/mol. The van der Waals surface area contributed by atoms with Gasteiger partial charge in [0.15, 0.2) is 23.1 Å². The van der Waals surface area contributed by atoms with Crippen LogP contribution in [0.5, 0.6) is 11.5 Å². The Morgan fingerprint density at radius 3 is 2.22 bits per heavy atom. The van der Waals surface area contributed by atoms with Gasteiger partial charge in [-0.05, 0) is 31.2 Å². The minimum Gasteiger partial charge on any atom is -0.486 e. The van der Waals surface area contributed by atoms with Crippen LogP contribution in [0.3, 0.4) is 0 Å². The molecule has 0 saturated heterocycles. The topological polar surface area (TPSA) is 52.6 Å². The third kappa shape index (κ3) is 3.59. The molecule has 0 radical (unpaired) electrons. The molecule has 0 amide bonds. The van der Waals surface area contributed by atoms with Crippen LogP contribution in [0.4, 0.5) is 0 Å². The number of hydrogen-bond donors (Lipinski definition) is 0. The van der Waals surface area contributed by atoms with Crippen molar-refractivity contribution in [1.82, 2.24) is 0 Å². The lowest BCUT2D eigenvalue weighted by atomic mass is 10.0. The number of benzene rings is 2. The molecule has 23 heavy (non-hydrogen) atoms. The van der Waals surface area contributed by atoms with E-state index >= 15 is 0 Å². The number of rotatable bonds is 5. The van der Waals surface area contributed by atoms with Crippen LogP contribution in [0, 0.1) is 6.92 Å². The van der Waals surface area contributed by atoms with Gasteiger partial charge in [-0.1, -0.05) is 23.8 Å². The summed E-state index contributed by atoms with van der Waals surface area (Å²) in [7, 11) is 0. The molecule has 1 aliphatic rings. The van der Waals surface area contributed by atoms with Gasteiger partial charge in [0.1, 0.15) is 13.2 Å². The summed E-state index contributed by atoms with van der Waals surface area (Å²) in [5.41, 5.74) is 2.24. The molecule has 0 aliphatic carbocycles. The molecular formula is C19H18O4. The maximum atomic E-state index is 12.3. The van der Waals surface area contributed by atoms with Crippen molar-refractivity contribution in [2.75, 3.05) is 13.2 Å². The van der Waals surface area contributed by atoms with Gasteiger partial charge in [-0.25, -0.2) is 0 Å². The normalized spacial score (nSPS) is 12.7. The monoisotopic (exact) mass is 310 g/mol. The first-order valence-electron chi connectivity index (χ1n) is 7.66. The predicted molar refractivity (Wildman–Crippen MR) is 86.5 cm³/mol. The zero-order valence-corrected chi connectivity index (χ0v) is 13.0. The summed E-state index contributed by atoms with van der Waals surface area (Å²) < 4.78 is 10.9. The summed E-state index contributed by atoms with van der Waals surface area (Å²) in [6.07, 6.45) is 0.392. The van der Waals surface area contributed by atoms with Crippen molar-refractivity contribution in [3.05, 3.63) is 59.2 Å². The fraction of sp³-hybridized carbons (Fsp3) is 0.263. The van der Waals surface area contributed by atoms with Crippen LogP contribution in [-0.2, 0) is 0 Å². The number of hydrogen-bond acceptors (Lipinski definition) is 4. The predicted octanol–water partition coefficient (Wildman–Crippen LogP) is 3.61. The first-order chi connectivity index (χ1) is 11.1.